The fraction of sp³-hybridized carbons (Fsp3) is 0.538. The molecule has 2 heterocycles. The summed E-state index contributed by atoms with van der Waals surface area (Å²) >= 11 is 0. The highest BCUT2D eigenvalue weighted by atomic mass is 16.6. The molecule has 0 aliphatic carbocycles. The van der Waals surface area contributed by atoms with Crippen LogP contribution in [0, 0.1) is 0 Å². The van der Waals surface area contributed by atoms with Gasteiger partial charge in [-0.1, -0.05) is 24.3 Å². The summed E-state index contributed by atoms with van der Waals surface area (Å²) in [6.07, 6.45) is 0.373. The third kappa shape index (κ3) is 2.43. The van der Waals surface area contributed by atoms with Crippen LogP contribution in [0.1, 0.15) is 17.2 Å². The van der Waals surface area contributed by atoms with Gasteiger partial charge in [0.15, 0.2) is 0 Å². The van der Waals surface area contributed by atoms with Gasteiger partial charge in [0, 0.05) is 19.6 Å². The van der Waals surface area contributed by atoms with Crippen molar-refractivity contribution >= 4 is 0 Å². The smallest absolute Gasteiger partial charge is 0.106 e. The number of hydrogen-bond acceptors (Lipinski definition) is 3. The molecule has 16 heavy (non-hydrogen) atoms. The Morgan fingerprint density at radius 1 is 1.12 bits per heavy atom. The minimum atomic E-state index is 0.373. The van der Waals surface area contributed by atoms with Crippen molar-refractivity contribution in [1.82, 2.24) is 4.90 Å². The summed E-state index contributed by atoms with van der Waals surface area (Å²) in [5.41, 5.74) is 2.69. The molecule has 1 aromatic carbocycles. The predicted octanol–water partition coefficient (Wildman–Crippen LogP) is 1.59. The van der Waals surface area contributed by atoms with Gasteiger partial charge in [-0.15, -0.1) is 0 Å². The molecule has 3 heteroatoms. The largest absolute Gasteiger partial charge is 0.379 e. The highest BCUT2D eigenvalue weighted by Crippen LogP contribution is 2.29. The van der Waals surface area contributed by atoms with Crippen LogP contribution in [0.3, 0.4) is 0 Å². The van der Waals surface area contributed by atoms with E-state index in [9.17, 15) is 0 Å². The molecule has 2 saturated heterocycles. The first-order valence-corrected chi connectivity index (χ1v) is 5.92. The normalized spacial score (nSPS) is 25.6. The van der Waals surface area contributed by atoms with E-state index in [4.69, 9.17) is 9.47 Å². The molecule has 0 N–H and O–H groups in total. The van der Waals surface area contributed by atoms with Gasteiger partial charge in [0.05, 0.1) is 19.8 Å². The maximum atomic E-state index is 5.34. The summed E-state index contributed by atoms with van der Waals surface area (Å²) in [7, 11) is 0. The Kier molecular flexibility index (Phi) is 2.91. The van der Waals surface area contributed by atoms with Crippen molar-refractivity contribution in [2.75, 3.05) is 32.9 Å². The molecule has 1 unspecified atom stereocenters. The number of epoxide rings is 1. The molecule has 0 radical (unpaired) electrons. The number of rotatable bonds is 3. The highest BCUT2D eigenvalue weighted by molar-refractivity contribution is 5.25. The first-order valence-electron chi connectivity index (χ1n) is 5.92. The molecule has 0 amide bonds. The lowest BCUT2D eigenvalue weighted by Gasteiger charge is -2.26. The molecule has 3 nitrogen and oxygen atoms in total. The molecule has 1 atom stereocenters. The van der Waals surface area contributed by atoms with Crippen LogP contribution in [-0.2, 0) is 16.0 Å². The quantitative estimate of drug-likeness (QED) is 0.722. The average molecular weight is 219 g/mol. The minimum absolute atomic E-state index is 0.373. The molecular weight excluding hydrogens is 202 g/mol. The first kappa shape index (κ1) is 10.3. The van der Waals surface area contributed by atoms with E-state index in [0.717, 1.165) is 39.5 Å². The second-order valence-electron chi connectivity index (χ2n) is 4.45. The average Bonchev–Trinajstić information content (AvgIpc) is 3.15. The third-order valence-electron chi connectivity index (χ3n) is 3.19. The molecule has 1 aromatic rings. The molecule has 2 aliphatic heterocycles. The summed E-state index contributed by atoms with van der Waals surface area (Å²) in [6.45, 7) is 5.76. The van der Waals surface area contributed by atoms with Crippen LogP contribution >= 0.6 is 0 Å². The maximum Gasteiger partial charge on any atom is 0.106 e. The Hall–Kier alpha value is -0.900. The van der Waals surface area contributed by atoms with Gasteiger partial charge < -0.3 is 9.47 Å². The van der Waals surface area contributed by atoms with Gasteiger partial charge in [-0.25, -0.2) is 0 Å². The van der Waals surface area contributed by atoms with E-state index < -0.39 is 0 Å². The van der Waals surface area contributed by atoms with Gasteiger partial charge in [-0.3, -0.25) is 4.90 Å². The molecule has 0 spiro atoms. The Balaban J connectivity index is 1.60. The molecule has 2 fully saturated rings. The van der Waals surface area contributed by atoms with Crippen molar-refractivity contribution in [3.63, 3.8) is 0 Å². The molecular formula is C13H17NO2. The van der Waals surface area contributed by atoms with E-state index in [1.807, 2.05) is 0 Å². The zero-order valence-electron chi connectivity index (χ0n) is 9.39. The van der Waals surface area contributed by atoms with Crippen molar-refractivity contribution in [3.05, 3.63) is 35.4 Å². The number of nitrogens with zero attached hydrogens (tertiary/aromatic N) is 1. The van der Waals surface area contributed by atoms with Crippen molar-refractivity contribution in [3.8, 4) is 0 Å². The molecule has 0 saturated carbocycles. The lowest BCUT2D eigenvalue weighted by molar-refractivity contribution is 0.0342. The van der Waals surface area contributed by atoms with Crippen LogP contribution in [0.2, 0.25) is 0 Å². The number of morpholine rings is 1. The van der Waals surface area contributed by atoms with Crippen molar-refractivity contribution in [1.29, 1.82) is 0 Å². The monoisotopic (exact) mass is 219 g/mol. The topological polar surface area (TPSA) is 25.0 Å². The van der Waals surface area contributed by atoms with Crippen LogP contribution < -0.4 is 0 Å². The summed E-state index contributed by atoms with van der Waals surface area (Å²) in [5.74, 6) is 0. The molecule has 2 aliphatic rings. The van der Waals surface area contributed by atoms with E-state index >= 15 is 0 Å². The van der Waals surface area contributed by atoms with E-state index in [0.29, 0.717) is 6.10 Å². The zero-order chi connectivity index (χ0) is 10.8. The molecule has 0 aromatic heterocycles. The van der Waals surface area contributed by atoms with Crippen LogP contribution in [0.15, 0.2) is 24.3 Å². The Morgan fingerprint density at radius 3 is 2.44 bits per heavy atom. The van der Waals surface area contributed by atoms with Crippen molar-refractivity contribution < 1.29 is 9.47 Å². The van der Waals surface area contributed by atoms with Gasteiger partial charge in [0.1, 0.15) is 6.10 Å². The Labute approximate surface area is 96.0 Å². The summed E-state index contributed by atoms with van der Waals surface area (Å²) in [6, 6.07) is 8.81. The summed E-state index contributed by atoms with van der Waals surface area (Å²) < 4.78 is 10.6. The minimum Gasteiger partial charge on any atom is -0.379 e. The highest BCUT2D eigenvalue weighted by Gasteiger charge is 2.24. The van der Waals surface area contributed by atoms with Gasteiger partial charge in [0.25, 0.3) is 0 Å². The third-order valence-corrected chi connectivity index (χ3v) is 3.19. The van der Waals surface area contributed by atoms with E-state index in [1.54, 1.807) is 0 Å². The lowest BCUT2D eigenvalue weighted by Crippen LogP contribution is -2.35. The first-order chi connectivity index (χ1) is 7.92. The van der Waals surface area contributed by atoms with E-state index in [2.05, 4.69) is 29.2 Å². The van der Waals surface area contributed by atoms with Crippen molar-refractivity contribution in [2.45, 2.75) is 12.6 Å². The molecule has 86 valence electrons. The number of ether oxygens (including phenoxy) is 2. The van der Waals surface area contributed by atoms with Gasteiger partial charge in [-0.2, -0.15) is 0 Å². The summed E-state index contributed by atoms with van der Waals surface area (Å²) in [4.78, 5) is 2.44. The second-order valence-corrected chi connectivity index (χ2v) is 4.45. The zero-order valence-corrected chi connectivity index (χ0v) is 9.39. The fourth-order valence-corrected chi connectivity index (χ4v) is 2.10. The standard InChI is InChI=1S/C13H17NO2/c1-3-12(13-10-16-13)4-2-11(1)9-14-5-7-15-8-6-14/h1-4,13H,5-10H2. The Morgan fingerprint density at radius 2 is 1.81 bits per heavy atom. The van der Waals surface area contributed by atoms with E-state index in [1.165, 1.54) is 11.1 Å². The van der Waals surface area contributed by atoms with Gasteiger partial charge in [-0.05, 0) is 11.1 Å². The molecule has 0 bridgehead atoms. The SMILES string of the molecule is c1cc(C2CO2)ccc1CN1CCOCC1. The van der Waals surface area contributed by atoms with Crippen LogP contribution in [-0.4, -0.2) is 37.8 Å². The number of hydrogen-bond donors (Lipinski definition) is 0. The van der Waals surface area contributed by atoms with Crippen molar-refractivity contribution in [2.24, 2.45) is 0 Å². The predicted molar refractivity (Wildman–Crippen MR) is 61.2 cm³/mol. The number of benzene rings is 1. The molecule has 3 rings (SSSR count). The van der Waals surface area contributed by atoms with Crippen LogP contribution in [0.25, 0.3) is 0 Å². The second kappa shape index (κ2) is 4.53. The van der Waals surface area contributed by atoms with Gasteiger partial charge >= 0.3 is 0 Å². The Bertz CT molecular complexity index is 339. The maximum absolute atomic E-state index is 5.34. The van der Waals surface area contributed by atoms with E-state index in [-0.39, 0.29) is 0 Å². The fourth-order valence-electron chi connectivity index (χ4n) is 2.10. The van der Waals surface area contributed by atoms with Crippen LogP contribution in [0.4, 0.5) is 0 Å². The lowest BCUT2D eigenvalue weighted by atomic mass is 10.1. The summed E-state index contributed by atoms with van der Waals surface area (Å²) in [5, 5.41) is 0. The van der Waals surface area contributed by atoms with Crippen LogP contribution in [0.5, 0.6) is 0 Å². The van der Waals surface area contributed by atoms with Gasteiger partial charge in [0.2, 0.25) is 0 Å².